The molecule has 0 saturated carbocycles. The van der Waals surface area contributed by atoms with Crippen LogP contribution in [-0.4, -0.2) is 57.2 Å². The van der Waals surface area contributed by atoms with Crippen LogP contribution >= 0.6 is 11.8 Å². The fourth-order valence-electron chi connectivity index (χ4n) is 3.53. The quantitative estimate of drug-likeness (QED) is 0.460. The predicted octanol–water partition coefficient (Wildman–Crippen LogP) is 3.12. The fourth-order valence-corrected chi connectivity index (χ4v) is 4.19. The van der Waals surface area contributed by atoms with Crippen LogP contribution in [0.1, 0.15) is 45.7 Å². The number of benzene rings is 1. The minimum Gasteiger partial charge on any atom is -0.485 e. The van der Waals surface area contributed by atoms with Gasteiger partial charge in [-0.1, -0.05) is 23.9 Å². The second-order valence-corrected chi connectivity index (χ2v) is 8.21. The molecule has 2 aliphatic rings. The second-order valence-electron chi connectivity index (χ2n) is 7.28. The first-order valence-corrected chi connectivity index (χ1v) is 11.0. The van der Waals surface area contributed by atoms with Gasteiger partial charge in [-0.3, -0.25) is 9.59 Å². The molecular formula is C21H20N4O5S. The van der Waals surface area contributed by atoms with Crippen LogP contribution in [0.4, 0.5) is 0 Å². The van der Waals surface area contributed by atoms with Gasteiger partial charge in [-0.05, 0) is 31.0 Å². The summed E-state index contributed by atoms with van der Waals surface area (Å²) in [5.74, 6) is 1.50. The lowest BCUT2D eigenvalue weighted by Gasteiger charge is -2.23. The average molecular weight is 440 g/mol. The molecule has 160 valence electrons. The van der Waals surface area contributed by atoms with E-state index in [9.17, 15) is 9.59 Å². The fraction of sp³-hybridized carbons (Fsp3) is 0.333. The van der Waals surface area contributed by atoms with Gasteiger partial charge in [-0.2, -0.15) is 0 Å². The van der Waals surface area contributed by atoms with Crippen molar-refractivity contribution in [2.24, 2.45) is 0 Å². The Morgan fingerprint density at radius 3 is 2.81 bits per heavy atom. The van der Waals surface area contributed by atoms with E-state index in [4.69, 9.17) is 13.9 Å². The number of carbonyl (C=O) groups excluding carboxylic acids is 2. The molecule has 1 atom stereocenters. The van der Waals surface area contributed by atoms with Crippen LogP contribution in [-0.2, 0) is 0 Å². The van der Waals surface area contributed by atoms with Crippen molar-refractivity contribution in [1.82, 2.24) is 20.1 Å². The van der Waals surface area contributed by atoms with Gasteiger partial charge in [0.2, 0.25) is 6.10 Å². The lowest BCUT2D eigenvalue weighted by atomic mass is 10.2. The first-order valence-electron chi connectivity index (χ1n) is 10.0. The van der Waals surface area contributed by atoms with Crippen molar-refractivity contribution in [2.75, 3.05) is 25.4 Å². The Labute approximate surface area is 182 Å². The number of likely N-dealkylation sites (tertiary alicyclic amines) is 1. The minimum absolute atomic E-state index is 0.0676. The van der Waals surface area contributed by atoms with E-state index < -0.39 is 6.10 Å². The summed E-state index contributed by atoms with van der Waals surface area (Å²) < 4.78 is 17.2. The molecule has 0 unspecified atom stereocenters. The number of nitrogens with zero attached hydrogens (tertiary/aromatic N) is 3. The van der Waals surface area contributed by atoms with E-state index in [0.717, 1.165) is 37.7 Å². The summed E-state index contributed by atoms with van der Waals surface area (Å²) in [6, 6.07) is 8.98. The van der Waals surface area contributed by atoms with E-state index in [1.807, 2.05) is 24.3 Å². The SMILES string of the molecule is O=C(CSc1nnc([C@@H]2COc3ccccc3O2)o1)c1c[nH]c(C(=O)N2CCCC2)c1. The molecule has 1 fully saturated rings. The molecule has 10 heteroatoms. The van der Waals surface area contributed by atoms with Crippen molar-refractivity contribution in [3.63, 3.8) is 0 Å². The molecule has 3 aromatic rings. The molecule has 1 saturated heterocycles. The number of hydrogen-bond acceptors (Lipinski definition) is 8. The molecule has 4 heterocycles. The Morgan fingerprint density at radius 2 is 1.97 bits per heavy atom. The van der Waals surface area contributed by atoms with E-state index in [1.54, 1.807) is 17.2 Å². The number of ether oxygens (including phenoxy) is 2. The second kappa shape index (κ2) is 8.46. The molecule has 0 radical (unpaired) electrons. The zero-order valence-electron chi connectivity index (χ0n) is 16.6. The van der Waals surface area contributed by atoms with E-state index in [1.165, 1.54) is 0 Å². The molecule has 0 spiro atoms. The van der Waals surface area contributed by atoms with Crippen LogP contribution in [0.25, 0.3) is 0 Å². The lowest BCUT2D eigenvalue weighted by molar-refractivity contribution is 0.0686. The maximum Gasteiger partial charge on any atom is 0.277 e. The number of H-pyrrole nitrogens is 1. The number of aromatic nitrogens is 3. The molecule has 2 aromatic heterocycles. The topological polar surface area (TPSA) is 111 Å². The number of fused-ring (bicyclic) bond motifs is 1. The van der Waals surface area contributed by atoms with E-state index in [0.29, 0.717) is 28.6 Å². The maximum atomic E-state index is 12.5. The third-order valence-electron chi connectivity index (χ3n) is 5.16. The number of hydrogen-bond donors (Lipinski definition) is 1. The molecule has 2 aliphatic heterocycles. The highest BCUT2D eigenvalue weighted by molar-refractivity contribution is 7.99. The largest absolute Gasteiger partial charge is 0.485 e. The summed E-state index contributed by atoms with van der Waals surface area (Å²) in [5.41, 5.74) is 0.889. The van der Waals surface area contributed by atoms with Gasteiger partial charge >= 0.3 is 0 Å². The normalized spacial score (nSPS) is 17.7. The molecule has 1 aromatic carbocycles. The number of amides is 1. The molecule has 9 nitrogen and oxygen atoms in total. The van der Waals surface area contributed by atoms with Gasteiger partial charge < -0.3 is 23.8 Å². The van der Waals surface area contributed by atoms with Crippen LogP contribution in [0.3, 0.4) is 0 Å². The Balaban J connectivity index is 1.17. The van der Waals surface area contributed by atoms with Crippen LogP contribution in [0.2, 0.25) is 0 Å². The Bertz CT molecular complexity index is 1100. The van der Waals surface area contributed by atoms with Gasteiger partial charge in [0.15, 0.2) is 17.3 Å². The van der Waals surface area contributed by atoms with Crippen molar-refractivity contribution in [3.8, 4) is 11.5 Å². The third kappa shape index (κ3) is 4.15. The highest BCUT2D eigenvalue weighted by atomic mass is 32.2. The lowest BCUT2D eigenvalue weighted by Crippen LogP contribution is -2.27. The Hall–Kier alpha value is -3.27. The highest BCUT2D eigenvalue weighted by Gasteiger charge is 2.27. The summed E-state index contributed by atoms with van der Waals surface area (Å²) in [6.07, 6.45) is 3.10. The molecule has 1 amide bonds. The van der Waals surface area contributed by atoms with Gasteiger partial charge in [-0.15, -0.1) is 10.2 Å². The van der Waals surface area contributed by atoms with Gasteiger partial charge in [0.05, 0.1) is 5.75 Å². The number of thioether (sulfide) groups is 1. The molecular weight excluding hydrogens is 420 g/mol. The molecule has 31 heavy (non-hydrogen) atoms. The first-order chi connectivity index (χ1) is 15.2. The number of aromatic amines is 1. The average Bonchev–Trinajstić information content (AvgIpc) is 3.58. The van der Waals surface area contributed by atoms with Crippen molar-refractivity contribution in [1.29, 1.82) is 0 Å². The van der Waals surface area contributed by atoms with Crippen LogP contribution in [0.5, 0.6) is 11.5 Å². The Morgan fingerprint density at radius 1 is 1.16 bits per heavy atom. The summed E-state index contributed by atoms with van der Waals surface area (Å²) in [6.45, 7) is 1.79. The highest BCUT2D eigenvalue weighted by Crippen LogP contribution is 2.36. The molecule has 0 bridgehead atoms. The predicted molar refractivity (Wildman–Crippen MR) is 111 cm³/mol. The minimum atomic E-state index is -0.503. The van der Waals surface area contributed by atoms with E-state index >= 15 is 0 Å². The number of rotatable bonds is 6. The molecule has 0 aliphatic carbocycles. The number of Topliss-reactive ketones (excluding diaryl/α,β-unsaturated/α-hetero) is 1. The van der Waals surface area contributed by atoms with Crippen molar-refractivity contribution >= 4 is 23.5 Å². The third-order valence-corrected chi connectivity index (χ3v) is 5.98. The number of carbonyl (C=O) groups is 2. The summed E-state index contributed by atoms with van der Waals surface area (Å²) in [4.78, 5) is 29.6. The molecule has 5 rings (SSSR count). The zero-order chi connectivity index (χ0) is 21.2. The number of ketones is 1. The van der Waals surface area contributed by atoms with Crippen molar-refractivity contribution in [2.45, 2.75) is 24.2 Å². The summed E-state index contributed by atoms with van der Waals surface area (Å²) >= 11 is 1.14. The van der Waals surface area contributed by atoms with Gasteiger partial charge in [0.1, 0.15) is 12.3 Å². The Kier molecular flexibility index (Phi) is 5.37. The maximum absolute atomic E-state index is 12.5. The van der Waals surface area contributed by atoms with Gasteiger partial charge in [0, 0.05) is 24.8 Å². The summed E-state index contributed by atoms with van der Waals surface area (Å²) in [5, 5.41) is 8.29. The molecule has 1 N–H and O–H groups in total. The number of nitrogens with one attached hydrogen (secondary N) is 1. The van der Waals surface area contributed by atoms with Gasteiger partial charge in [-0.25, -0.2) is 0 Å². The van der Waals surface area contributed by atoms with Crippen LogP contribution in [0.15, 0.2) is 46.2 Å². The van der Waals surface area contributed by atoms with Crippen LogP contribution < -0.4 is 9.47 Å². The van der Waals surface area contributed by atoms with Crippen molar-refractivity contribution < 1.29 is 23.5 Å². The monoisotopic (exact) mass is 440 g/mol. The van der Waals surface area contributed by atoms with Crippen LogP contribution in [0, 0.1) is 0 Å². The standard InChI is InChI=1S/C21H20N4O5S/c26-15(13-9-14(22-10-13)20(27)25-7-3-4-8-25)12-31-21-24-23-19(30-21)18-11-28-16-5-1-2-6-17(16)29-18/h1-2,5-6,9-10,18,22H,3-4,7-8,11-12H2/t18-/m0/s1. The number of para-hydroxylation sites is 2. The van der Waals surface area contributed by atoms with Gasteiger partial charge in [0.25, 0.3) is 17.0 Å². The van der Waals surface area contributed by atoms with E-state index in [2.05, 4.69) is 15.2 Å². The smallest absolute Gasteiger partial charge is 0.277 e. The van der Waals surface area contributed by atoms with Crippen molar-refractivity contribution in [3.05, 3.63) is 53.7 Å². The summed E-state index contributed by atoms with van der Waals surface area (Å²) in [7, 11) is 0. The van der Waals surface area contributed by atoms with E-state index in [-0.39, 0.29) is 29.3 Å². The first kappa shape index (κ1) is 19.7. The zero-order valence-corrected chi connectivity index (χ0v) is 17.4.